The van der Waals surface area contributed by atoms with Gasteiger partial charge in [0.2, 0.25) is 11.8 Å². The first kappa shape index (κ1) is 16.3. The third-order valence-electron chi connectivity index (χ3n) is 4.92. The quantitative estimate of drug-likeness (QED) is 0.858. The van der Waals surface area contributed by atoms with Gasteiger partial charge in [-0.1, -0.05) is 11.6 Å². The molecule has 2 amide bonds. The molecular weight excluding hydrogens is 314 g/mol. The Morgan fingerprint density at radius 1 is 1.35 bits per heavy atom. The average molecular weight is 336 g/mol. The van der Waals surface area contributed by atoms with E-state index in [0.717, 1.165) is 12.1 Å². The van der Waals surface area contributed by atoms with Gasteiger partial charge in [-0.15, -0.1) is 0 Å². The number of carbonyl (C=O) groups is 2. The lowest BCUT2D eigenvalue weighted by molar-refractivity contribution is -0.140. The molecule has 5 nitrogen and oxygen atoms in total. The first-order valence-electron chi connectivity index (χ1n) is 8.08. The van der Waals surface area contributed by atoms with Crippen molar-refractivity contribution in [3.63, 3.8) is 0 Å². The van der Waals surface area contributed by atoms with Gasteiger partial charge in [-0.2, -0.15) is 0 Å². The molecule has 1 aromatic carbocycles. The number of anilines is 1. The van der Waals surface area contributed by atoms with Crippen molar-refractivity contribution in [2.45, 2.75) is 25.8 Å². The molecule has 0 saturated carbocycles. The minimum Gasteiger partial charge on any atom is -0.339 e. The lowest BCUT2D eigenvalue weighted by atomic mass is 10.1. The maximum absolute atomic E-state index is 12.8. The molecule has 2 aliphatic heterocycles. The molecule has 0 spiro atoms. The minimum atomic E-state index is -0.565. The van der Waals surface area contributed by atoms with E-state index < -0.39 is 5.92 Å². The molecule has 0 bridgehead atoms. The highest BCUT2D eigenvalue weighted by Crippen LogP contribution is 2.30. The van der Waals surface area contributed by atoms with Crippen LogP contribution in [0.5, 0.6) is 0 Å². The number of benzene rings is 1. The number of hydrogen-bond acceptors (Lipinski definition) is 3. The minimum absolute atomic E-state index is 0.0464. The molecule has 0 aromatic heterocycles. The van der Waals surface area contributed by atoms with E-state index >= 15 is 0 Å². The van der Waals surface area contributed by atoms with Gasteiger partial charge >= 0.3 is 0 Å². The second kappa shape index (κ2) is 6.49. The average Bonchev–Trinajstić information content (AvgIpc) is 3.10. The monoisotopic (exact) mass is 335 g/mol. The molecule has 3 unspecified atom stereocenters. The van der Waals surface area contributed by atoms with Crippen LogP contribution in [0.4, 0.5) is 5.69 Å². The molecule has 0 aliphatic carbocycles. The summed E-state index contributed by atoms with van der Waals surface area (Å²) in [5.41, 5.74) is 6.52. The zero-order chi connectivity index (χ0) is 16.6. The zero-order valence-corrected chi connectivity index (χ0v) is 14.0. The van der Waals surface area contributed by atoms with E-state index in [2.05, 4.69) is 0 Å². The van der Waals surface area contributed by atoms with Crippen molar-refractivity contribution < 1.29 is 9.59 Å². The van der Waals surface area contributed by atoms with Gasteiger partial charge in [0.05, 0.1) is 0 Å². The molecule has 0 radical (unpaired) electrons. The molecule has 6 heteroatoms. The van der Waals surface area contributed by atoms with Crippen molar-refractivity contribution in [1.29, 1.82) is 0 Å². The van der Waals surface area contributed by atoms with Crippen molar-refractivity contribution in [3.8, 4) is 0 Å². The second-order valence-corrected chi connectivity index (χ2v) is 6.92. The van der Waals surface area contributed by atoms with Gasteiger partial charge in [0.15, 0.2) is 0 Å². The summed E-state index contributed by atoms with van der Waals surface area (Å²) >= 11 is 5.89. The molecular formula is C17H22ClN3O2. The van der Waals surface area contributed by atoms with Gasteiger partial charge in [0, 0.05) is 29.8 Å². The fourth-order valence-electron chi connectivity index (χ4n) is 3.61. The van der Waals surface area contributed by atoms with Gasteiger partial charge in [-0.25, -0.2) is 0 Å². The van der Waals surface area contributed by atoms with Crippen LogP contribution in [-0.4, -0.2) is 42.4 Å². The van der Waals surface area contributed by atoms with Crippen LogP contribution in [0.2, 0.25) is 5.02 Å². The summed E-state index contributed by atoms with van der Waals surface area (Å²) in [6, 6.07) is 7.31. The highest BCUT2D eigenvalue weighted by molar-refractivity contribution is 6.30. The molecule has 1 aromatic rings. The van der Waals surface area contributed by atoms with Gasteiger partial charge in [-0.05, 0) is 56.5 Å². The summed E-state index contributed by atoms with van der Waals surface area (Å²) in [6.07, 6.45) is 1.49. The summed E-state index contributed by atoms with van der Waals surface area (Å²) in [5.74, 6) is -0.377. The Morgan fingerprint density at radius 2 is 2.04 bits per heavy atom. The lowest BCUT2D eigenvalue weighted by Crippen LogP contribution is -2.42. The van der Waals surface area contributed by atoms with Crippen molar-refractivity contribution >= 4 is 29.1 Å². The van der Waals surface area contributed by atoms with Crippen LogP contribution >= 0.6 is 11.6 Å². The van der Waals surface area contributed by atoms with E-state index in [-0.39, 0.29) is 17.9 Å². The van der Waals surface area contributed by atoms with E-state index in [0.29, 0.717) is 37.0 Å². The van der Waals surface area contributed by atoms with Crippen LogP contribution < -0.4 is 10.6 Å². The normalized spacial score (nSPS) is 27.8. The number of carbonyl (C=O) groups excluding carboxylic acids is 2. The van der Waals surface area contributed by atoms with Crippen molar-refractivity contribution in [1.82, 2.24) is 4.90 Å². The Hall–Kier alpha value is -1.59. The van der Waals surface area contributed by atoms with Gasteiger partial charge in [0.25, 0.3) is 0 Å². The molecule has 2 saturated heterocycles. The predicted molar refractivity (Wildman–Crippen MR) is 90.2 cm³/mol. The summed E-state index contributed by atoms with van der Waals surface area (Å²) in [5, 5.41) is 0.631. The standard InChI is InChI=1S/C17H22ClN3O2/c1-11-8-12(9-19)10-21(11)17(23)15-6-7-20(16(15)22)14-4-2-13(18)3-5-14/h2-5,11-12,15H,6-10,19H2,1H3. The Morgan fingerprint density at radius 3 is 2.65 bits per heavy atom. The predicted octanol–water partition coefficient (Wildman–Crippen LogP) is 1.89. The molecule has 2 aliphatic rings. The molecule has 2 N–H and O–H groups in total. The summed E-state index contributed by atoms with van der Waals surface area (Å²) in [7, 11) is 0. The fraction of sp³-hybridized carbons (Fsp3) is 0.529. The summed E-state index contributed by atoms with van der Waals surface area (Å²) < 4.78 is 0. The van der Waals surface area contributed by atoms with Crippen LogP contribution in [0.15, 0.2) is 24.3 Å². The third-order valence-corrected chi connectivity index (χ3v) is 5.17. The SMILES string of the molecule is CC1CC(CN)CN1C(=O)C1CCN(c2ccc(Cl)cc2)C1=O. The molecule has 124 valence electrons. The van der Waals surface area contributed by atoms with E-state index in [1.165, 1.54) is 0 Å². The number of hydrogen-bond donors (Lipinski definition) is 1. The second-order valence-electron chi connectivity index (χ2n) is 6.48. The van der Waals surface area contributed by atoms with Crippen molar-refractivity contribution in [2.75, 3.05) is 24.5 Å². The highest BCUT2D eigenvalue weighted by Gasteiger charge is 2.42. The highest BCUT2D eigenvalue weighted by atomic mass is 35.5. The number of nitrogens with two attached hydrogens (primary N) is 1. The van der Waals surface area contributed by atoms with E-state index in [4.69, 9.17) is 17.3 Å². The van der Waals surface area contributed by atoms with Crippen molar-refractivity contribution in [2.24, 2.45) is 17.6 Å². The van der Waals surface area contributed by atoms with Gasteiger partial charge < -0.3 is 15.5 Å². The van der Waals surface area contributed by atoms with Crippen LogP contribution in [0.25, 0.3) is 0 Å². The smallest absolute Gasteiger partial charge is 0.239 e. The molecule has 2 fully saturated rings. The van der Waals surface area contributed by atoms with E-state index in [1.54, 1.807) is 17.0 Å². The first-order valence-corrected chi connectivity index (χ1v) is 8.46. The van der Waals surface area contributed by atoms with Gasteiger partial charge in [-0.3, -0.25) is 9.59 Å². The number of rotatable bonds is 3. The summed E-state index contributed by atoms with van der Waals surface area (Å²) in [6.45, 7) is 3.86. The van der Waals surface area contributed by atoms with Gasteiger partial charge in [0.1, 0.15) is 5.92 Å². The van der Waals surface area contributed by atoms with Crippen LogP contribution in [-0.2, 0) is 9.59 Å². The first-order chi connectivity index (χ1) is 11.0. The number of halogens is 1. The van der Waals surface area contributed by atoms with E-state index in [9.17, 15) is 9.59 Å². The Balaban J connectivity index is 1.71. The fourth-order valence-corrected chi connectivity index (χ4v) is 3.73. The Kier molecular flexibility index (Phi) is 4.60. The molecule has 23 heavy (non-hydrogen) atoms. The van der Waals surface area contributed by atoms with Crippen LogP contribution in [0, 0.1) is 11.8 Å². The molecule has 3 atom stereocenters. The topological polar surface area (TPSA) is 66.6 Å². The Bertz CT molecular complexity index is 604. The lowest BCUT2D eigenvalue weighted by Gasteiger charge is -2.24. The Labute approximate surface area is 141 Å². The number of nitrogens with zero attached hydrogens (tertiary/aromatic N) is 2. The van der Waals surface area contributed by atoms with E-state index in [1.807, 2.05) is 24.0 Å². The molecule has 2 heterocycles. The summed E-state index contributed by atoms with van der Waals surface area (Å²) in [4.78, 5) is 29.0. The van der Waals surface area contributed by atoms with Crippen LogP contribution in [0.3, 0.4) is 0 Å². The zero-order valence-electron chi connectivity index (χ0n) is 13.2. The number of likely N-dealkylation sites (tertiary alicyclic amines) is 1. The maximum Gasteiger partial charge on any atom is 0.239 e. The number of amides is 2. The third kappa shape index (κ3) is 3.08. The molecule has 3 rings (SSSR count). The van der Waals surface area contributed by atoms with Crippen LogP contribution in [0.1, 0.15) is 19.8 Å². The largest absolute Gasteiger partial charge is 0.339 e. The maximum atomic E-state index is 12.8. The van der Waals surface area contributed by atoms with Crippen molar-refractivity contribution in [3.05, 3.63) is 29.3 Å².